The second kappa shape index (κ2) is 27.5. The zero-order valence-electron chi connectivity index (χ0n) is 48.2. The number of carbonyl (C=O) groups excluding carboxylic acids is 2. The van der Waals surface area contributed by atoms with Crippen molar-refractivity contribution in [3.05, 3.63) is 179 Å². The Kier molecular flexibility index (Phi) is 20.6. The van der Waals surface area contributed by atoms with Crippen LogP contribution >= 0.6 is 23.2 Å². The number of nitrogens with two attached hydrogens (primary N) is 1. The van der Waals surface area contributed by atoms with E-state index in [1.807, 2.05) is 86.9 Å². The molecule has 16 heteroatoms. The first kappa shape index (κ1) is 61.3. The highest BCUT2D eigenvalue weighted by Crippen LogP contribution is 2.35. The Morgan fingerprint density at radius 1 is 0.573 bits per heavy atom. The van der Waals surface area contributed by atoms with Gasteiger partial charge in [0.25, 0.3) is 0 Å². The van der Waals surface area contributed by atoms with Gasteiger partial charge in [-0.3, -0.25) is 25.1 Å². The van der Waals surface area contributed by atoms with Crippen molar-refractivity contribution in [3.8, 4) is 22.3 Å². The van der Waals surface area contributed by atoms with Crippen molar-refractivity contribution in [1.29, 1.82) is 0 Å². The first-order chi connectivity index (χ1) is 39.1. The standard InChI is InChI=1S/C32H36N4O2.C20H21N3O.C14H18Cl3NO2/c1-22-9-11-24(32(2,3)4)19-30(22)35-31(37)34-29-14-13-26(27-7-5-6-8-28(27)29)23-10-12-25(33-20-23)21-36-15-17-38-18-16-36;21-20-8-7-17(18-3-1-2-4-19(18)20)15-5-6-16(22-13-15)14-23-9-11-24-12-10-23;1-9-5-6-10(13(2,3)4)7-11(9)18-12(19)20-8-14(15,16)17/h5-14,19-20H,15-18,21H2,1-4H3,(H2,34,35,37);1-8,13H,9-12,14,21H2;5-7,15H,8H2,1-4H3/p+1. The molecule has 2 aliphatic rings. The molecule has 3 amide bonds. The molecule has 0 atom stereocenters. The number of nitrogens with zero attached hydrogens (tertiary/aromatic N) is 4. The quantitative estimate of drug-likeness (QED) is 0.0768. The summed E-state index contributed by atoms with van der Waals surface area (Å²) in [7, 11) is 0. The van der Waals surface area contributed by atoms with Gasteiger partial charge in [0.2, 0.25) is 0 Å². The van der Waals surface area contributed by atoms with Crippen molar-refractivity contribution in [2.24, 2.45) is 0 Å². The highest BCUT2D eigenvalue weighted by molar-refractivity contribution is 6.46. The van der Waals surface area contributed by atoms with Crippen LogP contribution in [-0.2, 0) is 38.1 Å². The Morgan fingerprint density at radius 2 is 1.01 bits per heavy atom. The lowest BCUT2D eigenvalue weighted by Crippen LogP contribution is -2.35. The predicted molar refractivity (Wildman–Crippen MR) is 334 cm³/mol. The largest absolute Gasteiger partial charge is 0.440 e. The van der Waals surface area contributed by atoms with Crippen molar-refractivity contribution in [1.82, 2.24) is 19.8 Å². The van der Waals surface area contributed by atoms with Gasteiger partial charge in [0.05, 0.1) is 43.5 Å². The van der Waals surface area contributed by atoms with Gasteiger partial charge < -0.3 is 30.6 Å². The average molecular weight is 1170 g/mol. The fourth-order valence-electron chi connectivity index (χ4n) is 9.58. The lowest BCUT2D eigenvalue weighted by atomic mass is 9.86. The van der Waals surface area contributed by atoms with Gasteiger partial charge in [0.15, 0.2) is 18.2 Å². The Labute approximate surface area is 497 Å². The molecule has 10 rings (SSSR count). The van der Waals surface area contributed by atoms with E-state index in [2.05, 4.69) is 157 Å². The van der Waals surface area contributed by atoms with Gasteiger partial charge in [0, 0.05) is 90.6 Å². The molecule has 6 aromatic carbocycles. The van der Waals surface area contributed by atoms with Crippen molar-refractivity contribution in [3.63, 3.8) is 0 Å². The van der Waals surface area contributed by atoms with Crippen LogP contribution in [0, 0.1) is 25.4 Å². The lowest BCUT2D eigenvalue weighted by molar-refractivity contribution is -0.415. The second-order valence-electron chi connectivity index (χ2n) is 22.8. The summed E-state index contributed by atoms with van der Waals surface area (Å²) in [5, 5.41) is 13.1. The number of hydrogen-bond acceptors (Lipinski definition) is 10. The second-order valence-corrected chi connectivity index (χ2v) is 25.4. The number of alkyl halides is 3. The van der Waals surface area contributed by atoms with E-state index in [9.17, 15) is 9.59 Å². The molecule has 430 valence electrons. The first-order valence-electron chi connectivity index (χ1n) is 27.7. The van der Waals surface area contributed by atoms with Crippen LogP contribution in [0.1, 0.15) is 75.2 Å². The van der Waals surface area contributed by atoms with Crippen LogP contribution in [0.5, 0.6) is 0 Å². The number of amides is 3. The number of fused-ring (bicyclic) bond motifs is 2. The Hall–Kier alpha value is -6.81. The summed E-state index contributed by atoms with van der Waals surface area (Å²) in [6.45, 7) is 25.2. The predicted octanol–water partition coefficient (Wildman–Crippen LogP) is 14.6. The lowest BCUT2D eigenvalue weighted by Gasteiger charge is -2.26. The topological polar surface area (TPSA) is 156 Å². The third kappa shape index (κ3) is 17.1. The fourth-order valence-corrected chi connectivity index (χ4v) is 9.75. The molecule has 4 heterocycles. The van der Waals surface area contributed by atoms with Crippen molar-refractivity contribution < 1.29 is 35.4 Å². The number of aromatic nitrogens is 2. The van der Waals surface area contributed by atoms with Gasteiger partial charge in [-0.1, -0.05) is 139 Å². The van der Waals surface area contributed by atoms with Gasteiger partial charge >= 0.3 is 15.9 Å². The number of pyridine rings is 2. The van der Waals surface area contributed by atoms with Crippen LogP contribution in [0.2, 0.25) is 0 Å². The molecule has 0 saturated carbocycles. The number of aryl methyl sites for hydroxylation is 2. The summed E-state index contributed by atoms with van der Waals surface area (Å²) in [5.74, 6) is 0. The van der Waals surface area contributed by atoms with Crippen LogP contribution in [0.25, 0.3) is 43.8 Å². The minimum Gasteiger partial charge on any atom is -0.440 e. The number of ether oxygens (including phenoxy) is 3. The molecule has 0 unspecified atom stereocenters. The maximum Gasteiger partial charge on any atom is 0.411 e. The number of urea groups is 1. The molecule has 0 radical (unpaired) electrons. The van der Waals surface area contributed by atoms with Gasteiger partial charge in [-0.2, -0.15) is 0 Å². The van der Waals surface area contributed by atoms with E-state index in [4.69, 9.17) is 48.1 Å². The maximum atomic E-state index is 13.1. The van der Waals surface area contributed by atoms with Crippen molar-refractivity contribution in [2.75, 3.05) is 80.9 Å². The van der Waals surface area contributed by atoms with E-state index >= 15 is 0 Å². The van der Waals surface area contributed by atoms with E-state index in [1.165, 1.54) is 16.5 Å². The van der Waals surface area contributed by atoms with E-state index in [0.717, 1.165) is 144 Å². The number of carbonyl (C=O) groups is 2. The Bertz CT molecular complexity index is 3460. The first-order valence-corrected chi connectivity index (χ1v) is 28.9. The molecule has 2 aromatic heterocycles. The summed E-state index contributed by atoms with van der Waals surface area (Å²) >= 11 is 15.8. The van der Waals surface area contributed by atoms with E-state index in [-0.39, 0.29) is 23.5 Å². The number of anilines is 4. The van der Waals surface area contributed by atoms with Crippen LogP contribution in [0.15, 0.2) is 146 Å². The number of benzene rings is 6. The molecule has 8 aromatic rings. The van der Waals surface area contributed by atoms with Gasteiger partial charge in [-0.15, -0.1) is 0 Å². The zero-order valence-corrected chi connectivity index (χ0v) is 50.5. The molecule has 2 saturated heterocycles. The number of nitrogen functional groups attached to an aromatic ring is 1. The molecule has 5 N–H and O–H groups in total. The number of nitrogens with one attached hydrogen (secondary N) is 3. The number of halogens is 3. The monoisotopic (exact) mass is 1170 g/mol. The fraction of sp³-hybridized carbons (Fsp3) is 0.333. The van der Waals surface area contributed by atoms with E-state index < -0.39 is 9.89 Å². The zero-order chi connectivity index (χ0) is 58.6. The summed E-state index contributed by atoms with van der Waals surface area (Å²) in [5.41, 5.74) is 20.0. The normalized spacial score (nSPS) is 14.2. The Morgan fingerprint density at radius 3 is 1.48 bits per heavy atom. The molecule has 2 fully saturated rings. The van der Waals surface area contributed by atoms with Gasteiger partial charge in [-0.05, 0) is 128 Å². The number of hydrogen-bond donors (Lipinski definition) is 4. The summed E-state index contributed by atoms with van der Waals surface area (Å²) in [4.78, 5) is 38.9. The molecule has 0 aliphatic carbocycles. The smallest absolute Gasteiger partial charge is 0.411 e. The van der Waals surface area contributed by atoms with Gasteiger partial charge in [-0.25, -0.2) is 9.59 Å². The average Bonchev–Trinajstić information content (AvgIpc) is 3.51. The van der Waals surface area contributed by atoms with Crippen LogP contribution in [0.3, 0.4) is 0 Å². The molecule has 2 aliphatic heterocycles. The molecular formula is C66H76Cl3N8O5+. The molecule has 0 spiro atoms. The van der Waals surface area contributed by atoms with Crippen LogP contribution < -0.4 is 21.7 Å². The van der Waals surface area contributed by atoms with E-state index in [1.54, 1.807) is 0 Å². The highest BCUT2D eigenvalue weighted by Gasteiger charge is 2.32. The summed E-state index contributed by atoms with van der Waals surface area (Å²) < 4.78 is 14.2. The van der Waals surface area contributed by atoms with E-state index in [0.29, 0.717) is 5.69 Å². The highest BCUT2D eigenvalue weighted by atomic mass is 35.6. The van der Waals surface area contributed by atoms with Crippen molar-refractivity contribution >= 4 is 79.6 Å². The molecule has 0 bridgehead atoms. The minimum atomic E-state index is -1.50. The SMILES string of the molecule is Cc1ccc(C(C)(C)C)cc1NC(=O)Nc1ccc(-c2ccc(CN3CCOCC3)nc2)c2ccccc12.Cc1ccc(C(C)(C)C)cc1NC(=O)OCC(Cl)(Cl)[ClH+].Nc1ccc(-c2ccc(CN3CCOCC3)nc2)c2ccccc12. The van der Waals surface area contributed by atoms with Gasteiger partial charge in [0.1, 0.15) is 0 Å². The minimum absolute atomic E-state index is 0.00219. The molecule has 82 heavy (non-hydrogen) atoms. The summed E-state index contributed by atoms with van der Waals surface area (Å²) in [6.07, 6.45) is 3.28. The Balaban J connectivity index is 0.000000172. The molecule has 13 nitrogen and oxygen atoms in total. The maximum absolute atomic E-state index is 13.1. The third-order valence-electron chi connectivity index (χ3n) is 14.4. The number of rotatable bonds is 10. The van der Waals surface area contributed by atoms with Crippen LogP contribution in [0.4, 0.5) is 32.3 Å². The van der Waals surface area contributed by atoms with Crippen LogP contribution in [-0.4, -0.2) is 94.9 Å². The molecular weight excluding hydrogens is 1090 g/mol. The third-order valence-corrected chi connectivity index (χ3v) is 14.8. The van der Waals surface area contributed by atoms with Crippen molar-refractivity contribution in [2.45, 2.75) is 83.1 Å². The summed E-state index contributed by atoms with van der Waals surface area (Å²) in [6, 6.07) is 44.9. The number of morpholine rings is 2.